The molecule has 0 amide bonds. The number of hydrogen-bond donors (Lipinski definition) is 1. The number of nitrogens with zero attached hydrogens (tertiary/aromatic N) is 2. The van der Waals surface area contributed by atoms with Crippen molar-refractivity contribution in [3.63, 3.8) is 0 Å². The van der Waals surface area contributed by atoms with Crippen molar-refractivity contribution in [2.45, 2.75) is 53.9 Å². The van der Waals surface area contributed by atoms with Gasteiger partial charge in [0.15, 0.2) is 0 Å². The normalized spacial score (nSPS) is 12.1. The molecule has 0 saturated heterocycles. The van der Waals surface area contributed by atoms with E-state index in [-0.39, 0.29) is 11.6 Å². The Hall–Kier alpha value is -3.01. The van der Waals surface area contributed by atoms with E-state index in [2.05, 4.69) is 38.7 Å². The van der Waals surface area contributed by atoms with E-state index < -0.39 is 0 Å². The summed E-state index contributed by atoms with van der Waals surface area (Å²) in [5.74, 6) is 0.374. The molecule has 0 spiro atoms. The van der Waals surface area contributed by atoms with Crippen molar-refractivity contribution in [3.05, 3.63) is 89.0 Å². The predicted molar refractivity (Wildman–Crippen MR) is 128 cm³/mol. The largest absolute Gasteiger partial charge is 0.506 e. The SMILES string of the molecule is CCC(C)C(=Nc1ccccc1C)c1cc(C)c(O)cn1.CCCc1ccc(F)cc1. The molecule has 1 unspecified atom stereocenters. The average Bonchev–Trinajstić information content (AvgIpc) is 2.77. The number of pyridine rings is 1. The third kappa shape index (κ3) is 7.32. The van der Waals surface area contributed by atoms with Crippen molar-refractivity contribution >= 4 is 11.4 Å². The molecular formula is C27H33FN2O. The van der Waals surface area contributed by atoms with E-state index in [1.54, 1.807) is 0 Å². The Morgan fingerprint density at radius 3 is 2.29 bits per heavy atom. The van der Waals surface area contributed by atoms with Crippen LogP contribution in [0.5, 0.6) is 5.75 Å². The smallest absolute Gasteiger partial charge is 0.136 e. The Morgan fingerprint density at radius 2 is 1.71 bits per heavy atom. The van der Waals surface area contributed by atoms with Gasteiger partial charge in [0.25, 0.3) is 0 Å². The van der Waals surface area contributed by atoms with Crippen molar-refractivity contribution in [1.29, 1.82) is 0 Å². The standard InChI is InChI=1S/C18H22N2O.C9H11F/c1-5-12(2)18(16-10-14(4)17(21)11-19-16)20-15-9-7-6-8-13(15)3;1-2-3-8-4-6-9(10)7-5-8/h6-12,21H,5H2,1-4H3;4-7H,2-3H2,1H3. The second-order valence-corrected chi connectivity index (χ2v) is 7.83. The van der Waals surface area contributed by atoms with Crippen LogP contribution in [0.25, 0.3) is 0 Å². The molecule has 1 atom stereocenters. The molecule has 0 saturated carbocycles. The van der Waals surface area contributed by atoms with Crippen LogP contribution in [-0.4, -0.2) is 15.8 Å². The van der Waals surface area contributed by atoms with Gasteiger partial charge in [0.1, 0.15) is 11.6 Å². The molecule has 2 aromatic carbocycles. The van der Waals surface area contributed by atoms with E-state index in [0.717, 1.165) is 47.5 Å². The highest BCUT2D eigenvalue weighted by Gasteiger charge is 2.14. The molecule has 3 aromatic rings. The quantitative estimate of drug-likeness (QED) is 0.424. The highest BCUT2D eigenvalue weighted by atomic mass is 19.1. The van der Waals surface area contributed by atoms with Crippen LogP contribution < -0.4 is 0 Å². The minimum Gasteiger partial charge on any atom is -0.506 e. The van der Waals surface area contributed by atoms with Gasteiger partial charge in [-0.3, -0.25) is 9.98 Å². The van der Waals surface area contributed by atoms with Crippen LogP contribution in [0.2, 0.25) is 0 Å². The summed E-state index contributed by atoms with van der Waals surface area (Å²) in [7, 11) is 0. The monoisotopic (exact) mass is 420 g/mol. The summed E-state index contributed by atoms with van der Waals surface area (Å²) in [6.45, 7) is 10.3. The first-order chi connectivity index (χ1) is 14.8. The van der Waals surface area contributed by atoms with Gasteiger partial charge >= 0.3 is 0 Å². The zero-order valence-corrected chi connectivity index (χ0v) is 19.2. The van der Waals surface area contributed by atoms with Crippen molar-refractivity contribution in [2.75, 3.05) is 0 Å². The first-order valence-corrected chi connectivity index (χ1v) is 10.9. The Morgan fingerprint density at radius 1 is 1.03 bits per heavy atom. The van der Waals surface area contributed by atoms with Gasteiger partial charge < -0.3 is 5.11 Å². The molecule has 0 bridgehead atoms. The highest BCUT2D eigenvalue weighted by Crippen LogP contribution is 2.23. The maximum Gasteiger partial charge on any atom is 0.136 e. The fourth-order valence-electron chi connectivity index (χ4n) is 3.06. The maximum atomic E-state index is 12.3. The molecule has 0 aliphatic heterocycles. The lowest BCUT2D eigenvalue weighted by atomic mass is 9.98. The Balaban J connectivity index is 0.000000285. The molecule has 31 heavy (non-hydrogen) atoms. The van der Waals surface area contributed by atoms with Gasteiger partial charge in [-0.05, 0) is 67.6 Å². The topological polar surface area (TPSA) is 45.5 Å². The minimum absolute atomic E-state index is 0.153. The maximum absolute atomic E-state index is 12.3. The van der Waals surface area contributed by atoms with Crippen molar-refractivity contribution in [1.82, 2.24) is 4.98 Å². The molecule has 0 aliphatic rings. The van der Waals surface area contributed by atoms with E-state index in [0.29, 0.717) is 5.92 Å². The van der Waals surface area contributed by atoms with Crippen LogP contribution in [0.4, 0.5) is 10.1 Å². The summed E-state index contributed by atoms with van der Waals surface area (Å²) in [4.78, 5) is 9.20. The summed E-state index contributed by atoms with van der Waals surface area (Å²) >= 11 is 0. The van der Waals surface area contributed by atoms with E-state index in [9.17, 15) is 9.50 Å². The van der Waals surface area contributed by atoms with Crippen molar-refractivity contribution in [2.24, 2.45) is 10.9 Å². The van der Waals surface area contributed by atoms with Crippen LogP contribution in [0, 0.1) is 25.6 Å². The van der Waals surface area contributed by atoms with E-state index in [1.807, 2.05) is 43.3 Å². The first kappa shape index (κ1) is 24.3. The summed E-state index contributed by atoms with van der Waals surface area (Å²) in [5, 5.41) is 9.65. The van der Waals surface area contributed by atoms with Crippen LogP contribution in [0.1, 0.15) is 56.0 Å². The molecule has 3 rings (SSSR count). The molecule has 0 radical (unpaired) electrons. The van der Waals surface area contributed by atoms with Crippen molar-refractivity contribution < 1.29 is 9.50 Å². The number of aromatic nitrogens is 1. The molecule has 3 nitrogen and oxygen atoms in total. The molecular weight excluding hydrogens is 387 g/mol. The van der Waals surface area contributed by atoms with Crippen molar-refractivity contribution in [3.8, 4) is 5.75 Å². The summed E-state index contributed by atoms with van der Waals surface area (Å²) in [6, 6.07) is 16.7. The zero-order valence-electron chi connectivity index (χ0n) is 19.2. The number of benzene rings is 2. The summed E-state index contributed by atoms with van der Waals surface area (Å²) < 4.78 is 12.3. The molecule has 1 aromatic heterocycles. The lowest BCUT2D eigenvalue weighted by Gasteiger charge is -2.14. The van der Waals surface area contributed by atoms with Gasteiger partial charge in [-0.1, -0.05) is 57.5 Å². The molecule has 1 heterocycles. The van der Waals surface area contributed by atoms with E-state index in [4.69, 9.17) is 4.99 Å². The Bertz CT molecular complexity index is 996. The fraction of sp³-hybridized carbons (Fsp3) is 0.333. The third-order valence-electron chi connectivity index (χ3n) is 5.23. The van der Waals surface area contributed by atoms with Crippen LogP contribution in [-0.2, 0) is 6.42 Å². The first-order valence-electron chi connectivity index (χ1n) is 10.9. The van der Waals surface area contributed by atoms with E-state index >= 15 is 0 Å². The zero-order chi connectivity index (χ0) is 22.8. The number of aryl methyl sites for hydroxylation is 3. The number of aromatic hydroxyl groups is 1. The average molecular weight is 421 g/mol. The number of hydrogen-bond acceptors (Lipinski definition) is 3. The predicted octanol–water partition coefficient (Wildman–Crippen LogP) is 7.35. The number of para-hydroxylation sites is 1. The van der Waals surface area contributed by atoms with E-state index in [1.165, 1.54) is 23.9 Å². The fourth-order valence-corrected chi connectivity index (χ4v) is 3.06. The van der Waals surface area contributed by atoms with Crippen LogP contribution in [0.3, 0.4) is 0 Å². The second-order valence-electron chi connectivity index (χ2n) is 7.83. The van der Waals surface area contributed by atoms with Gasteiger partial charge in [-0.25, -0.2) is 4.39 Å². The van der Waals surface area contributed by atoms with Gasteiger partial charge in [0.2, 0.25) is 0 Å². The Labute approximate surface area is 185 Å². The number of rotatable bonds is 6. The number of halogens is 1. The molecule has 0 fully saturated rings. The van der Waals surface area contributed by atoms with Gasteiger partial charge in [0.05, 0.1) is 23.3 Å². The third-order valence-corrected chi connectivity index (χ3v) is 5.23. The van der Waals surface area contributed by atoms with Gasteiger partial charge in [-0.2, -0.15) is 0 Å². The van der Waals surface area contributed by atoms with Gasteiger partial charge in [0, 0.05) is 5.92 Å². The van der Waals surface area contributed by atoms with Gasteiger partial charge in [-0.15, -0.1) is 0 Å². The lowest BCUT2D eigenvalue weighted by molar-refractivity contribution is 0.468. The molecule has 4 heteroatoms. The molecule has 0 aliphatic carbocycles. The number of aliphatic imine (C=N–C) groups is 1. The van der Waals surface area contributed by atoms with Crippen LogP contribution >= 0.6 is 0 Å². The minimum atomic E-state index is -0.153. The van der Waals surface area contributed by atoms with Crippen LogP contribution in [0.15, 0.2) is 65.8 Å². The summed E-state index contributed by atoms with van der Waals surface area (Å²) in [5.41, 5.74) is 5.96. The molecule has 164 valence electrons. The highest BCUT2D eigenvalue weighted by molar-refractivity contribution is 6.02. The Kier molecular flexibility index (Phi) is 9.39. The second kappa shape index (κ2) is 12.0. The molecule has 1 N–H and O–H groups in total. The lowest BCUT2D eigenvalue weighted by Crippen LogP contribution is -2.13. The summed E-state index contributed by atoms with van der Waals surface area (Å²) in [6.07, 6.45) is 4.65.